The van der Waals surface area contributed by atoms with Crippen LogP contribution < -0.4 is 9.47 Å². The smallest absolute Gasteiger partial charge is 0.347 e. The molecule has 30 heavy (non-hydrogen) atoms. The lowest BCUT2D eigenvalue weighted by molar-refractivity contribution is -0.152. The predicted molar refractivity (Wildman–Crippen MR) is 118 cm³/mol. The van der Waals surface area contributed by atoms with Crippen LogP contribution in [0.15, 0.2) is 36.4 Å². The highest BCUT2D eigenvalue weighted by Gasteiger charge is 2.29. The Labute approximate surface area is 188 Å². The number of nitrogens with zero attached hydrogens (tertiary/aromatic N) is 2. The third-order valence-corrected chi connectivity index (χ3v) is 5.77. The van der Waals surface area contributed by atoms with Crippen molar-refractivity contribution >= 4 is 40.7 Å². The molecule has 0 aliphatic heterocycles. The lowest BCUT2D eigenvalue weighted by Gasteiger charge is -2.23. The van der Waals surface area contributed by atoms with Gasteiger partial charge in [0.15, 0.2) is 11.4 Å². The first-order chi connectivity index (χ1) is 14.2. The average Bonchev–Trinajstić information content (AvgIpc) is 3.15. The fourth-order valence-corrected chi connectivity index (χ4v) is 3.45. The van der Waals surface area contributed by atoms with Crippen LogP contribution in [0.5, 0.6) is 11.5 Å². The van der Waals surface area contributed by atoms with Gasteiger partial charge in [-0.1, -0.05) is 23.2 Å². The molecule has 0 saturated heterocycles. The minimum absolute atomic E-state index is 0.427. The molecule has 1 heterocycles. The van der Waals surface area contributed by atoms with E-state index in [1.54, 1.807) is 24.3 Å². The average molecular weight is 467 g/mol. The highest BCUT2D eigenvalue weighted by molar-refractivity contribution is 7.05. The zero-order chi connectivity index (χ0) is 21.9. The lowest BCUT2D eigenvalue weighted by atomic mass is 10.1. The zero-order valence-corrected chi connectivity index (χ0v) is 18.9. The van der Waals surface area contributed by atoms with E-state index in [4.69, 9.17) is 32.7 Å². The molecule has 0 bridgehead atoms. The second kappa shape index (κ2) is 9.20. The second-order valence-corrected chi connectivity index (χ2v) is 8.73. The Bertz CT molecular complexity index is 1070. The van der Waals surface area contributed by atoms with Crippen molar-refractivity contribution in [3.63, 3.8) is 0 Å². The predicted octanol–water partition coefficient (Wildman–Crippen LogP) is 5.68. The van der Waals surface area contributed by atoms with Crippen LogP contribution in [0.3, 0.4) is 0 Å². The van der Waals surface area contributed by atoms with Crippen LogP contribution in [0, 0.1) is 6.92 Å². The van der Waals surface area contributed by atoms with E-state index in [2.05, 4.69) is 9.36 Å². The van der Waals surface area contributed by atoms with Crippen molar-refractivity contribution < 1.29 is 19.4 Å². The van der Waals surface area contributed by atoms with Crippen LogP contribution >= 0.6 is 34.7 Å². The molecule has 0 aliphatic rings. The van der Waals surface area contributed by atoms with Gasteiger partial charge in [0.25, 0.3) is 0 Å². The highest BCUT2D eigenvalue weighted by Crippen LogP contribution is 2.29. The first-order valence-electron chi connectivity index (χ1n) is 9.09. The molecular formula is C21H20Cl2N2O4S. The standard InChI is InChI=1S/C21H20Cl2N2O4S/c1-12-10-14(5-7-17(12)29-21(2,3)20(26)27)28-9-8-18-24-19(25-30-18)13-4-6-15(22)16(23)11-13/h4-7,10-11H,8-9H2,1-3H3,(H,26,27). The number of aryl methyl sites for hydroxylation is 1. The maximum absolute atomic E-state index is 11.2. The second-order valence-electron chi connectivity index (χ2n) is 7.08. The summed E-state index contributed by atoms with van der Waals surface area (Å²) in [5.41, 5.74) is 0.291. The van der Waals surface area contributed by atoms with Gasteiger partial charge in [-0.2, -0.15) is 4.37 Å². The van der Waals surface area contributed by atoms with E-state index < -0.39 is 11.6 Å². The van der Waals surface area contributed by atoms with Gasteiger partial charge in [-0.25, -0.2) is 9.78 Å². The minimum Gasteiger partial charge on any atom is -0.493 e. The molecule has 1 aromatic heterocycles. The number of ether oxygens (including phenoxy) is 2. The zero-order valence-electron chi connectivity index (χ0n) is 16.6. The normalized spacial score (nSPS) is 11.4. The van der Waals surface area contributed by atoms with Crippen molar-refractivity contribution in [2.45, 2.75) is 32.8 Å². The number of carboxylic acids is 1. The molecule has 0 fully saturated rings. The summed E-state index contributed by atoms with van der Waals surface area (Å²) >= 11 is 13.3. The van der Waals surface area contributed by atoms with Crippen molar-refractivity contribution in [3.8, 4) is 22.9 Å². The number of carboxylic acid groups (broad SMARTS) is 1. The van der Waals surface area contributed by atoms with Gasteiger partial charge in [0, 0.05) is 12.0 Å². The van der Waals surface area contributed by atoms with Gasteiger partial charge in [0.1, 0.15) is 16.5 Å². The molecule has 6 nitrogen and oxygen atoms in total. The molecule has 2 aromatic carbocycles. The van der Waals surface area contributed by atoms with Crippen molar-refractivity contribution in [2.75, 3.05) is 6.61 Å². The van der Waals surface area contributed by atoms with E-state index in [0.717, 1.165) is 16.1 Å². The summed E-state index contributed by atoms with van der Waals surface area (Å²) in [5.74, 6) is 0.749. The minimum atomic E-state index is -1.31. The van der Waals surface area contributed by atoms with E-state index in [1.165, 1.54) is 25.4 Å². The first kappa shape index (κ1) is 22.3. The molecule has 0 atom stereocenters. The molecule has 0 radical (unpaired) electrons. The van der Waals surface area contributed by atoms with Gasteiger partial charge in [0.2, 0.25) is 0 Å². The summed E-state index contributed by atoms with van der Waals surface area (Å²) in [4.78, 5) is 15.8. The molecule has 158 valence electrons. The van der Waals surface area contributed by atoms with Gasteiger partial charge in [-0.05, 0) is 74.3 Å². The summed E-state index contributed by atoms with van der Waals surface area (Å²) in [5, 5.41) is 11.0. The molecular weight excluding hydrogens is 447 g/mol. The van der Waals surface area contributed by atoms with Gasteiger partial charge >= 0.3 is 5.97 Å². The number of benzene rings is 2. The van der Waals surface area contributed by atoms with Crippen molar-refractivity contribution in [2.24, 2.45) is 0 Å². The number of hydrogen-bond donors (Lipinski definition) is 1. The summed E-state index contributed by atoms with van der Waals surface area (Å²) in [6.07, 6.45) is 0.600. The Hall–Kier alpha value is -2.35. The summed E-state index contributed by atoms with van der Waals surface area (Å²) < 4.78 is 15.8. The SMILES string of the molecule is Cc1cc(OCCc2nc(-c3ccc(Cl)c(Cl)c3)ns2)ccc1OC(C)(C)C(=O)O. The Morgan fingerprint density at radius 1 is 1.17 bits per heavy atom. The van der Waals surface area contributed by atoms with Gasteiger partial charge in [-0.3, -0.25) is 0 Å². The van der Waals surface area contributed by atoms with Gasteiger partial charge < -0.3 is 14.6 Å². The Kier molecular flexibility index (Phi) is 6.85. The number of rotatable bonds is 8. The van der Waals surface area contributed by atoms with E-state index in [-0.39, 0.29) is 0 Å². The van der Waals surface area contributed by atoms with Crippen molar-refractivity contribution in [1.82, 2.24) is 9.36 Å². The maximum atomic E-state index is 11.2. The molecule has 1 N–H and O–H groups in total. The molecule has 0 saturated carbocycles. The molecule has 0 spiro atoms. The topological polar surface area (TPSA) is 81.5 Å². The van der Waals surface area contributed by atoms with E-state index >= 15 is 0 Å². The van der Waals surface area contributed by atoms with Crippen molar-refractivity contribution in [1.29, 1.82) is 0 Å². The fraction of sp³-hybridized carbons (Fsp3) is 0.286. The van der Waals surface area contributed by atoms with Crippen molar-refractivity contribution in [3.05, 3.63) is 57.0 Å². The van der Waals surface area contributed by atoms with Crippen LogP contribution in [0.2, 0.25) is 10.0 Å². The monoisotopic (exact) mass is 466 g/mol. The van der Waals surface area contributed by atoms with Gasteiger partial charge in [-0.15, -0.1) is 0 Å². The van der Waals surface area contributed by atoms with Crippen LogP contribution in [-0.4, -0.2) is 32.6 Å². The number of halogens is 2. The maximum Gasteiger partial charge on any atom is 0.347 e. The first-order valence-corrected chi connectivity index (χ1v) is 10.6. The quantitative estimate of drug-likeness (QED) is 0.459. The number of carbonyl (C=O) groups is 1. The van der Waals surface area contributed by atoms with Gasteiger partial charge in [0.05, 0.1) is 16.7 Å². The highest BCUT2D eigenvalue weighted by atomic mass is 35.5. The van der Waals surface area contributed by atoms with E-state index in [9.17, 15) is 9.90 Å². The molecule has 3 rings (SSSR count). The Morgan fingerprint density at radius 2 is 1.93 bits per heavy atom. The van der Waals surface area contributed by atoms with Crippen LogP contribution in [0.25, 0.3) is 11.4 Å². The molecule has 3 aromatic rings. The number of aromatic nitrogens is 2. The van der Waals surface area contributed by atoms with E-state index in [1.807, 2.05) is 19.1 Å². The van der Waals surface area contributed by atoms with Crippen LogP contribution in [0.4, 0.5) is 0 Å². The summed E-state index contributed by atoms with van der Waals surface area (Å²) in [6.45, 7) is 5.28. The Balaban J connectivity index is 1.58. The fourth-order valence-electron chi connectivity index (χ4n) is 2.51. The molecule has 0 aliphatic carbocycles. The third kappa shape index (κ3) is 5.41. The third-order valence-electron chi connectivity index (χ3n) is 4.26. The van der Waals surface area contributed by atoms with Crippen LogP contribution in [0.1, 0.15) is 24.4 Å². The van der Waals surface area contributed by atoms with Crippen LogP contribution in [-0.2, 0) is 11.2 Å². The molecule has 0 unspecified atom stereocenters. The largest absolute Gasteiger partial charge is 0.493 e. The summed E-state index contributed by atoms with van der Waals surface area (Å²) in [7, 11) is 0. The molecule has 0 amide bonds. The Morgan fingerprint density at radius 3 is 2.60 bits per heavy atom. The molecule has 9 heteroatoms. The summed E-state index contributed by atoms with van der Waals surface area (Å²) in [6, 6.07) is 10.6. The lowest BCUT2D eigenvalue weighted by Crippen LogP contribution is -2.38. The number of aliphatic carboxylic acids is 1. The van der Waals surface area contributed by atoms with E-state index in [0.29, 0.717) is 40.4 Å². The number of hydrogen-bond acceptors (Lipinski definition) is 6.